The summed E-state index contributed by atoms with van der Waals surface area (Å²) in [6.07, 6.45) is 1.37. The molecule has 1 N–H and O–H groups in total. The first-order valence-electron chi connectivity index (χ1n) is 12.0. The van der Waals surface area contributed by atoms with Gasteiger partial charge in [-0.2, -0.15) is 4.98 Å². The molecule has 3 aromatic carbocycles. The van der Waals surface area contributed by atoms with Gasteiger partial charge in [0.25, 0.3) is 0 Å². The van der Waals surface area contributed by atoms with E-state index in [4.69, 9.17) is 27.7 Å². The summed E-state index contributed by atoms with van der Waals surface area (Å²) in [5.74, 6) is 0.546. The van der Waals surface area contributed by atoms with Gasteiger partial charge >= 0.3 is 0 Å². The van der Waals surface area contributed by atoms with Gasteiger partial charge in [-0.1, -0.05) is 70.8 Å². The summed E-state index contributed by atoms with van der Waals surface area (Å²) < 4.78 is 5.43. The van der Waals surface area contributed by atoms with Gasteiger partial charge in [0.2, 0.25) is 17.6 Å². The molecule has 7 nitrogen and oxygen atoms in total. The van der Waals surface area contributed by atoms with Crippen LogP contribution in [-0.4, -0.2) is 39.8 Å². The SMILES string of the molecule is O=C(c1ccccc1)c1ccccc1NC(=O)C1CCN(Cc2nc(-c3ccc(Cl)cc3Cl)no2)CC1. The summed E-state index contributed by atoms with van der Waals surface area (Å²) in [6.45, 7) is 1.91. The van der Waals surface area contributed by atoms with Crippen LogP contribution < -0.4 is 5.32 Å². The highest BCUT2D eigenvalue weighted by Crippen LogP contribution is 2.29. The molecule has 1 amide bonds. The Kier molecular flexibility index (Phi) is 7.65. The maximum absolute atomic E-state index is 13.1. The maximum Gasteiger partial charge on any atom is 0.241 e. The molecule has 0 radical (unpaired) electrons. The Balaban J connectivity index is 1.17. The topological polar surface area (TPSA) is 88.3 Å². The monoisotopic (exact) mass is 534 g/mol. The van der Waals surface area contributed by atoms with Crippen molar-refractivity contribution in [3.8, 4) is 11.4 Å². The Morgan fingerprint density at radius 1 is 0.973 bits per heavy atom. The molecule has 1 saturated heterocycles. The van der Waals surface area contributed by atoms with Crippen LogP contribution in [0, 0.1) is 5.92 Å². The summed E-state index contributed by atoms with van der Waals surface area (Å²) in [6, 6.07) is 21.3. The Hall–Kier alpha value is -3.52. The average molecular weight is 535 g/mol. The second kappa shape index (κ2) is 11.3. The number of anilines is 1. The van der Waals surface area contributed by atoms with E-state index >= 15 is 0 Å². The third kappa shape index (κ3) is 5.91. The van der Waals surface area contributed by atoms with Gasteiger partial charge < -0.3 is 9.84 Å². The van der Waals surface area contributed by atoms with Crippen molar-refractivity contribution in [1.29, 1.82) is 0 Å². The molecule has 188 valence electrons. The van der Waals surface area contributed by atoms with Crippen LogP contribution >= 0.6 is 23.2 Å². The summed E-state index contributed by atoms with van der Waals surface area (Å²) in [5.41, 5.74) is 2.25. The number of para-hydroxylation sites is 1. The number of amides is 1. The number of nitrogens with one attached hydrogen (secondary N) is 1. The van der Waals surface area contributed by atoms with E-state index in [1.165, 1.54) is 0 Å². The van der Waals surface area contributed by atoms with Gasteiger partial charge in [0, 0.05) is 27.6 Å². The molecule has 37 heavy (non-hydrogen) atoms. The van der Waals surface area contributed by atoms with E-state index in [1.54, 1.807) is 48.5 Å². The number of halogens is 2. The van der Waals surface area contributed by atoms with Gasteiger partial charge in [-0.15, -0.1) is 0 Å². The summed E-state index contributed by atoms with van der Waals surface area (Å²) >= 11 is 12.2. The fourth-order valence-corrected chi connectivity index (χ4v) is 4.91. The van der Waals surface area contributed by atoms with E-state index < -0.39 is 0 Å². The van der Waals surface area contributed by atoms with Gasteiger partial charge in [0.1, 0.15) is 0 Å². The van der Waals surface area contributed by atoms with Crippen LogP contribution in [0.4, 0.5) is 5.69 Å². The molecule has 0 spiro atoms. The minimum Gasteiger partial charge on any atom is -0.338 e. The molecule has 1 fully saturated rings. The third-order valence-electron chi connectivity index (χ3n) is 6.42. The van der Waals surface area contributed by atoms with Crippen LogP contribution in [0.2, 0.25) is 10.0 Å². The molecule has 0 aliphatic carbocycles. The van der Waals surface area contributed by atoms with Crippen molar-refractivity contribution in [2.24, 2.45) is 5.92 Å². The number of benzene rings is 3. The lowest BCUT2D eigenvalue weighted by atomic mass is 9.95. The fraction of sp³-hybridized carbons (Fsp3) is 0.214. The molecule has 9 heteroatoms. The molecular formula is C28H24Cl2N4O3. The van der Waals surface area contributed by atoms with E-state index in [-0.39, 0.29) is 17.6 Å². The molecule has 0 saturated carbocycles. The number of ketones is 1. The average Bonchev–Trinajstić information content (AvgIpc) is 3.37. The number of hydrogen-bond acceptors (Lipinski definition) is 6. The third-order valence-corrected chi connectivity index (χ3v) is 6.97. The number of piperidine rings is 1. The van der Waals surface area contributed by atoms with Crippen LogP contribution in [0.15, 0.2) is 77.3 Å². The lowest BCUT2D eigenvalue weighted by molar-refractivity contribution is -0.121. The minimum absolute atomic E-state index is 0.0783. The van der Waals surface area contributed by atoms with Gasteiger partial charge in [0.15, 0.2) is 5.78 Å². The molecule has 0 atom stereocenters. The van der Waals surface area contributed by atoms with Gasteiger partial charge in [-0.25, -0.2) is 0 Å². The zero-order chi connectivity index (χ0) is 25.8. The molecule has 0 bridgehead atoms. The van der Waals surface area contributed by atoms with Crippen molar-refractivity contribution in [3.05, 3.63) is 99.9 Å². The molecule has 1 aromatic heterocycles. The standard InChI is InChI=1S/C28H24Cl2N4O3/c29-20-10-11-21(23(30)16-20)27-32-25(37-33-27)17-34-14-12-19(13-15-34)28(36)31-24-9-5-4-8-22(24)26(35)18-6-2-1-3-7-18/h1-11,16,19H,12-15,17H2,(H,31,36). The molecular weight excluding hydrogens is 511 g/mol. The first-order valence-corrected chi connectivity index (χ1v) is 12.7. The second-order valence-corrected chi connectivity index (χ2v) is 9.76. The first kappa shape index (κ1) is 25.1. The Bertz CT molecular complexity index is 1420. The Labute approximate surface area is 224 Å². The minimum atomic E-state index is -0.151. The molecule has 0 unspecified atom stereocenters. The molecule has 1 aliphatic rings. The van der Waals surface area contributed by atoms with Crippen LogP contribution in [0.1, 0.15) is 34.7 Å². The number of carbonyl (C=O) groups is 2. The highest BCUT2D eigenvalue weighted by atomic mass is 35.5. The highest BCUT2D eigenvalue weighted by molar-refractivity contribution is 6.36. The van der Waals surface area contributed by atoms with Crippen LogP contribution in [-0.2, 0) is 11.3 Å². The van der Waals surface area contributed by atoms with E-state index in [1.807, 2.05) is 24.3 Å². The number of hydrogen-bond donors (Lipinski definition) is 1. The summed E-state index contributed by atoms with van der Waals surface area (Å²) in [4.78, 5) is 32.7. The van der Waals surface area contributed by atoms with Gasteiger partial charge in [-0.3, -0.25) is 14.5 Å². The number of nitrogens with zero attached hydrogens (tertiary/aromatic N) is 3. The maximum atomic E-state index is 13.1. The lowest BCUT2D eigenvalue weighted by Gasteiger charge is -2.30. The van der Waals surface area contributed by atoms with Crippen molar-refractivity contribution < 1.29 is 14.1 Å². The van der Waals surface area contributed by atoms with Gasteiger partial charge in [-0.05, 0) is 56.3 Å². The molecule has 5 rings (SSSR count). The quantitative estimate of drug-likeness (QED) is 0.287. The van der Waals surface area contributed by atoms with Crippen molar-refractivity contribution in [1.82, 2.24) is 15.0 Å². The van der Waals surface area contributed by atoms with Crippen LogP contribution in [0.5, 0.6) is 0 Å². The normalized spacial score (nSPS) is 14.4. The zero-order valence-electron chi connectivity index (χ0n) is 19.9. The molecule has 1 aliphatic heterocycles. The number of aromatic nitrogens is 2. The number of rotatable bonds is 7. The zero-order valence-corrected chi connectivity index (χ0v) is 21.4. The van der Waals surface area contributed by atoms with E-state index in [2.05, 4.69) is 20.4 Å². The predicted octanol–water partition coefficient (Wildman–Crippen LogP) is 6.13. The number of likely N-dealkylation sites (tertiary alicyclic amines) is 1. The summed E-state index contributed by atoms with van der Waals surface area (Å²) in [7, 11) is 0. The van der Waals surface area contributed by atoms with E-state index in [0.29, 0.717) is 76.6 Å². The molecule has 2 heterocycles. The Morgan fingerprint density at radius 3 is 2.46 bits per heavy atom. The van der Waals surface area contributed by atoms with Crippen LogP contribution in [0.3, 0.4) is 0 Å². The smallest absolute Gasteiger partial charge is 0.241 e. The number of carbonyl (C=O) groups excluding carboxylic acids is 2. The van der Waals surface area contributed by atoms with Crippen molar-refractivity contribution in [2.75, 3.05) is 18.4 Å². The van der Waals surface area contributed by atoms with Crippen LogP contribution in [0.25, 0.3) is 11.4 Å². The highest BCUT2D eigenvalue weighted by Gasteiger charge is 2.27. The van der Waals surface area contributed by atoms with Crippen molar-refractivity contribution in [2.45, 2.75) is 19.4 Å². The van der Waals surface area contributed by atoms with Crippen molar-refractivity contribution >= 4 is 40.6 Å². The fourth-order valence-electron chi connectivity index (χ4n) is 4.41. The largest absolute Gasteiger partial charge is 0.338 e. The second-order valence-electron chi connectivity index (χ2n) is 8.92. The van der Waals surface area contributed by atoms with Crippen molar-refractivity contribution in [3.63, 3.8) is 0 Å². The summed E-state index contributed by atoms with van der Waals surface area (Å²) in [5, 5.41) is 8.02. The molecule has 4 aromatic rings. The Morgan fingerprint density at radius 2 is 1.70 bits per heavy atom. The van der Waals surface area contributed by atoms with Gasteiger partial charge in [0.05, 0.1) is 17.3 Å². The lowest BCUT2D eigenvalue weighted by Crippen LogP contribution is -2.38. The predicted molar refractivity (Wildman–Crippen MR) is 143 cm³/mol. The van der Waals surface area contributed by atoms with E-state index in [9.17, 15) is 9.59 Å². The first-order chi connectivity index (χ1) is 18.0. The van der Waals surface area contributed by atoms with E-state index in [0.717, 1.165) is 0 Å².